The summed E-state index contributed by atoms with van der Waals surface area (Å²) in [6, 6.07) is 50.0. The molecule has 0 unspecified atom stereocenters. The number of methoxy groups -OCH3 is 3. The van der Waals surface area contributed by atoms with Gasteiger partial charge in [0.15, 0.2) is 23.1 Å². The van der Waals surface area contributed by atoms with E-state index in [2.05, 4.69) is 18.9 Å². The first kappa shape index (κ1) is 133. The number of aliphatic carboxylic acids is 1. The van der Waals surface area contributed by atoms with Gasteiger partial charge in [-0.15, -0.1) is 0 Å². The van der Waals surface area contributed by atoms with E-state index in [1.807, 2.05) is 72.8 Å². The van der Waals surface area contributed by atoms with Crippen LogP contribution < -0.4 is 0 Å². The van der Waals surface area contributed by atoms with Crippen LogP contribution in [-0.4, -0.2) is 86.5 Å². The SMILES string of the molecule is CC(=O)O.COCO.COCOCOC.O.O=C(c1ccccc1)c1cccc(C(=O)c2ccccc2)c1.O=C(c1ccccc1)c1cccc(C(=O)c2ccccc2)c1.[CH3-].[CH3-].[CH3-].[CH3-].[CH3-].[CH3-].[Y].[Y].[Y].[Y].[Y].[Y].[Y].[Y].[Y].[Y].[Y].[Y]. The standard InChI is InChI=1S/2C20H14O2.C4H10O3.C2H6O2.C2H4O2.6CH3.H2O.12Y/c2*21-19(15-8-3-1-4-9-15)17-12-7-13-18(14-17)20(22)16-10-5-2-6-11-16;1-5-3-7-4-6-2;1-4-2-3;1-2(3)4;;;;;;;;;;;;;;;;;;;/h2*1-14H;3-4H2,1-2H3;3H,2H2,1H3;1H3,(H,3,4);6*1H3;1H2;;;;;;;;;;;;/q;;;;;6*-1;;;;;;;;;;;;;. The first-order valence-electron chi connectivity index (χ1n) is 18.0. The van der Waals surface area contributed by atoms with Gasteiger partial charge in [0.25, 0.3) is 5.97 Å². The molecular formula is C54H68O12Y12-6. The first-order valence-corrected chi connectivity index (χ1v) is 18.0. The molecular weight excluding hydrogens is 1910 g/mol. The summed E-state index contributed by atoms with van der Waals surface area (Å²) in [7, 11) is 4.56. The number of carbonyl (C=O) groups is 5. The number of benzene rings is 6. The van der Waals surface area contributed by atoms with Gasteiger partial charge in [-0.1, -0.05) is 158 Å². The zero-order valence-electron chi connectivity index (χ0n) is 46.8. The molecule has 0 bridgehead atoms. The van der Waals surface area contributed by atoms with Gasteiger partial charge in [0.1, 0.15) is 20.4 Å². The Balaban J connectivity index is -0.0000000384. The fraction of sp³-hybridized carbons (Fsp3) is 0.130. The van der Waals surface area contributed by atoms with E-state index in [9.17, 15) is 19.2 Å². The first-order chi connectivity index (χ1) is 28.6. The van der Waals surface area contributed by atoms with Crippen LogP contribution in [0.5, 0.6) is 0 Å². The van der Waals surface area contributed by atoms with Crippen LogP contribution in [0.4, 0.5) is 0 Å². The number of ether oxygens (including phenoxy) is 4. The monoisotopic (exact) mass is 1980 g/mol. The zero-order chi connectivity index (χ0) is 43.3. The second-order valence-corrected chi connectivity index (χ2v) is 11.9. The summed E-state index contributed by atoms with van der Waals surface area (Å²) in [5, 5.41) is 15.1. The smallest absolute Gasteiger partial charge is 0.300 e. The van der Waals surface area contributed by atoms with E-state index in [1.54, 1.807) is 111 Å². The summed E-state index contributed by atoms with van der Waals surface area (Å²) in [6.07, 6.45) is 0. The van der Waals surface area contributed by atoms with Crippen molar-refractivity contribution < 1.29 is 451 Å². The molecule has 78 heavy (non-hydrogen) atoms. The van der Waals surface area contributed by atoms with Crippen LogP contribution in [0.2, 0.25) is 0 Å². The van der Waals surface area contributed by atoms with E-state index >= 15 is 0 Å². The molecule has 0 spiro atoms. The number of aliphatic hydroxyl groups is 1. The van der Waals surface area contributed by atoms with Crippen molar-refractivity contribution in [2.45, 2.75) is 6.92 Å². The van der Waals surface area contributed by atoms with Gasteiger partial charge in [-0.2, -0.15) is 0 Å². The number of rotatable bonds is 13. The molecule has 6 aromatic carbocycles. The van der Waals surface area contributed by atoms with Crippen molar-refractivity contribution in [2.24, 2.45) is 0 Å². The summed E-state index contributed by atoms with van der Waals surface area (Å²) >= 11 is 0. The number of carboxylic acid groups (broad SMARTS) is 1. The predicted molar refractivity (Wildman–Crippen MR) is 267 cm³/mol. The van der Waals surface area contributed by atoms with Gasteiger partial charge >= 0.3 is 0 Å². The van der Waals surface area contributed by atoms with Crippen molar-refractivity contribution in [2.75, 3.05) is 41.7 Å². The summed E-state index contributed by atoms with van der Waals surface area (Å²) < 4.78 is 17.9. The van der Waals surface area contributed by atoms with Crippen LogP contribution in [0.1, 0.15) is 70.6 Å². The average molecular weight is 1980 g/mol. The molecule has 398 valence electrons. The molecule has 0 amide bonds. The maximum Gasteiger partial charge on any atom is 0.300 e. The van der Waals surface area contributed by atoms with Gasteiger partial charge in [0.2, 0.25) is 0 Å². The van der Waals surface area contributed by atoms with Gasteiger partial charge in [0, 0.05) is 465 Å². The largest absolute Gasteiger partial charge is 0.481 e. The van der Waals surface area contributed by atoms with E-state index in [0.29, 0.717) is 58.1 Å². The number of ketones is 4. The second kappa shape index (κ2) is 87.7. The van der Waals surface area contributed by atoms with Crippen LogP contribution in [-0.2, 0) is 416 Å². The molecule has 0 atom stereocenters. The Kier molecular flexibility index (Phi) is 150. The van der Waals surface area contributed by atoms with E-state index in [0.717, 1.165) is 6.92 Å². The number of carboxylic acids is 1. The molecule has 24 heteroatoms. The summed E-state index contributed by atoms with van der Waals surface area (Å²) in [6.45, 7) is 1.50. The van der Waals surface area contributed by atoms with Crippen molar-refractivity contribution in [3.8, 4) is 0 Å². The molecule has 0 aliphatic heterocycles. The Morgan fingerprint density at radius 1 is 0.333 bits per heavy atom. The molecule has 0 aliphatic rings. The molecule has 6 rings (SSSR count). The fourth-order valence-electron chi connectivity index (χ4n) is 4.83. The number of carbonyl (C=O) groups excluding carboxylic acids is 4. The number of aliphatic hydroxyl groups excluding tert-OH is 1. The van der Waals surface area contributed by atoms with Gasteiger partial charge < -0.3 is 79.2 Å². The third-order valence-corrected chi connectivity index (χ3v) is 7.45. The molecule has 4 N–H and O–H groups in total. The van der Waals surface area contributed by atoms with Crippen molar-refractivity contribution in [1.29, 1.82) is 0 Å². The van der Waals surface area contributed by atoms with E-state index in [-0.39, 0.29) is 472 Å². The Bertz CT molecular complexity index is 1910. The molecule has 12 nitrogen and oxygen atoms in total. The number of hydrogen-bond acceptors (Lipinski definition) is 10. The van der Waals surface area contributed by atoms with Gasteiger partial charge in [-0.3, -0.25) is 24.0 Å². The topological polar surface area (TPSA) is 194 Å². The average Bonchev–Trinajstić information content (AvgIpc) is 3.29. The summed E-state index contributed by atoms with van der Waals surface area (Å²) in [5.41, 5.74) is 4.55. The Morgan fingerprint density at radius 3 is 0.628 bits per heavy atom. The Labute approximate surface area is 770 Å². The Hall–Kier alpha value is 6.48. The quantitative estimate of drug-likeness (QED) is 0.0484. The maximum atomic E-state index is 12.4. The molecule has 6 aromatic rings. The van der Waals surface area contributed by atoms with E-state index in [1.165, 1.54) is 7.11 Å². The predicted octanol–water partition coefficient (Wildman–Crippen LogP) is 10.0. The summed E-state index contributed by atoms with van der Waals surface area (Å²) in [5.74, 6) is -1.15. The van der Waals surface area contributed by atoms with Crippen molar-refractivity contribution in [3.63, 3.8) is 0 Å². The van der Waals surface area contributed by atoms with Crippen molar-refractivity contribution in [3.05, 3.63) is 259 Å². The maximum absolute atomic E-state index is 12.4. The molecule has 0 fully saturated rings. The van der Waals surface area contributed by atoms with Gasteiger partial charge in [0.05, 0.1) is 0 Å². The van der Waals surface area contributed by atoms with Crippen LogP contribution in [0.15, 0.2) is 170 Å². The van der Waals surface area contributed by atoms with Crippen molar-refractivity contribution in [1.82, 2.24) is 0 Å². The zero-order valence-corrected chi connectivity index (χ0v) is 80.8. The molecule has 0 saturated carbocycles. The van der Waals surface area contributed by atoms with Crippen LogP contribution in [0.3, 0.4) is 0 Å². The number of hydrogen-bond donors (Lipinski definition) is 2. The third-order valence-electron chi connectivity index (χ3n) is 7.45. The van der Waals surface area contributed by atoms with E-state index in [4.69, 9.17) is 15.0 Å². The van der Waals surface area contributed by atoms with Crippen molar-refractivity contribution >= 4 is 29.1 Å². The molecule has 0 saturated heterocycles. The molecule has 0 aliphatic carbocycles. The van der Waals surface area contributed by atoms with E-state index < -0.39 is 5.97 Å². The fourth-order valence-corrected chi connectivity index (χ4v) is 4.83. The summed E-state index contributed by atoms with van der Waals surface area (Å²) in [4.78, 5) is 58.8. The minimum absolute atomic E-state index is 0. The van der Waals surface area contributed by atoms with Gasteiger partial charge in [-0.25, -0.2) is 0 Å². The molecule has 0 heterocycles. The Morgan fingerprint density at radius 2 is 0.487 bits per heavy atom. The van der Waals surface area contributed by atoms with Crippen LogP contribution in [0.25, 0.3) is 0 Å². The minimum atomic E-state index is -0.833. The van der Waals surface area contributed by atoms with Crippen LogP contribution in [0, 0.1) is 44.6 Å². The second-order valence-electron chi connectivity index (χ2n) is 11.9. The molecule has 0 aromatic heterocycles. The normalized spacial score (nSPS) is 7.29. The minimum Gasteiger partial charge on any atom is -0.481 e. The third kappa shape index (κ3) is 60.1. The molecule has 12 radical (unpaired) electrons. The van der Waals surface area contributed by atoms with Crippen LogP contribution >= 0.6 is 0 Å². The van der Waals surface area contributed by atoms with Gasteiger partial charge in [-0.05, 0) is 12.1 Å².